The number of likely N-dealkylation sites (tertiary alicyclic amines) is 1. The molecule has 0 spiro atoms. The average molecular weight is 257 g/mol. The molecule has 1 atom stereocenters. The molecule has 1 aliphatic heterocycles. The number of nitrogens with one attached hydrogen (secondary N) is 1. The zero-order chi connectivity index (χ0) is 13.1. The molecule has 100 valence electrons. The van der Waals surface area contributed by atoms with Crippen molar-refractivity contribution in [3.63, 3.8) is 0 Å². The van der Waals surface area contributed by atoms with E-state index in [0.29, 0.717) is 5.92 Å². The summed E-state index contributed by atoms with van der Waals surface area (Å²) in [5.74, 6) is 0.524. The number of imidazole rings is 1. The first-order valence-electron chi connectivity index (χ1n) is 6.80. The third-order valence-corrected chi connectivity index (χ3v) is 3.84. The Bertz CT molecular complexity index is 522. The smallest absolute Gasteiger partial charge is 0.115 e. The largest absolute Gasteiger partial charge is 0.348 e. The number of aryl methyl sites for hydroxylation is 1. The maximum atomic E-state index is 4.39. The normalized spacial score (nSPS) is 20.6. The minimum absolute atomic E-state index is 0.524. The summed E-state index contributed by atoms with van der Waals surface area (Å²) in [6.07, 6.45) is 7.69. The van der Waals surface area contributed by atoms with Crippen molar-refractivity contribution in [2.45, 2.75) is 32.2 Å². The summed E-state index contributed by atoms with van der Waals surface area (Å²) in [7, 11) is 0. The second kappa shape index (κ2) is 5.48. The number of hydrogen-bond donors (Lipinski definition) is 1. The number of rotatable bonds is 3. The lowest BCUT2D eigenvalue weighted by molar-refractivity contribution is 0.196. The zero-order valence-corrected chi connectivity index (χ0v) is 11.2. The van der Waals surface area contributed by atoms with Crippen molar-refractivity contribution >= 4 is 0 Å². The second-order valence-electron chi connectivity index (χ2n) is 5.18. The molecule has 3 heterocycles. The number of nitrogens with zero attached hydrogens (tertiary/aromatic N) is 4. The predicted molar refractivity (Wildman–Crippen MR) is 72.6 cm³/mol. The van der Waals surface area contributed by atoms with Crippen LogP contribution in [0.3, 0.4) is 0 Å². The summed E-state index contributed by atoms with van der Waals surface area (Å²) in [6, 6.07) is 2.04. The molecule has 2 aromatic rings. The maximum Gasteiger partial charge on any atom is 0.115 e. The van der Waals surface area contributed by atoms with E-state index in [1.165, 1.54) is 24.2 Å². The first kappa shape index (κ1) is 12.3. The Balaban J connectivity index is 1.67. The molecule has 0 unspecified atom stereocenters. The molecular weight excluding hydrogens is 238 g/mol. The van der Waals surface area contributed by atoms with Gasteiger partial charge in [0.1, 0.15) is 6.33 Å². The van der Waals surface area contributed by atoms with Crippen molar-refractivity contribution in [3.8, 4) is 0 Å². The van der Waals surface area contributed by atoms with Crippen molar-refractivity contribution < 1.29 is 0 Å². The summed E-state index contributed by atoms with van der Waals surface area (Å²) in [4.78, 5) is 18.4. The highest BCUT2D eigenvalue weighted by Crippen LogP contribution is 2.26. The van der Waals surface area contributed by atoms with Crippen LogP contribution < -0.4 is 0 Å². The fourth-order valence-corrected chi connectivity index (χ4v) is 2.74. The average Bonchev–Trinajstić information content (AvgIpc) is 2.86. The molecule has 0 bridgehead atoms. The Hall–Kier alpha value is -1.75. The molecule has 1 aliphatic rings. The van der Waals surface area contributed by atoms with E-state index in [-0.39, 0.29) is 0 Å². The van der Waals surface area contributed by atoms with Gasteiger partial charge in [0.2, 0.25) is 0 Å². The molecule has 0 radical (unpaired) electrons. The Morgan fingerprint density at radius 1 is 1.42 bits per heavy atom. The van der Waals surface area contributed by atoms with Gasteiger partial charge in [-0.3, -0.25) is 4.90 Å². The molecule has 0 saturated carbocycles. The van der Waals surface area contributed by atoms with Crippen LogP contribution in [0.4, 0.5) is 0 Å². The third-order valence-electron chi connectivity index (χ3n) is 3.84. The van der Waals surface area contributed by atoms with Gasteiger partial charge >= 0.3 is 0 Å². The summed E-state index contributed by atoms with van der Waals surface area (Å²) < 4.78 is 0. The first-order chi connectivity index (χ1) is 9.33. The topological polar surface area (TPSA) is 57.7 Å². The lowest BCUT2D eigenvalue weighted by atomic mass is 9.94. The molecule has 0 amide bonds. The number of aromatic nitrogens is 4. The molecule has 1 fully saturated rings. The van der Waals surface area contributed by atoms with Crippen LogP contribution in [0.5, 0.6) is 0 Å². The van der Waals surface area contributed by atoms with Crippen molar-refractivity contribution in [2.75, 3.05) is 13.1 Å². The highest BCUT2D eigenvalue weighted by molar-refractivity contribution is 5.11. The van der Waals surface area contributed by atoms with Gasteiger partial charge in [0.05, 0.1) is 12.0 Å². The molecule has 1 saturated heterocycles. The predicted octanol–water partition coefficient (Wildman–Crippen LogP) is 1.89. The van der Waals surface area contributed by atoms with Gasteiger partial charge in [0.25, 0.3) is 0 Å². The standard InChI is InChI=1S/C14H19N5/c1-11-14(18-10-16-11)8-19-6-2-3-12(7-19)13-4-5-15-9-17-13/h4-5,9-10,12H,2-3,6-8H2,1H3,(H,16,18)/t12-/m0/s1. The number of H-pyrrole nitrogens is 1. The quantitative estimate of drug-likeness (QED) is 0.912. The SMILES string of the molecule is Cc1[nH]cnc1CN1CCC[C@H](c2ccncn2)C1. The van der Waals surface area contributed by atoms with Gasteiger partial charge in [-0.25, -0.2) is 15.0 Å². The van der Waals surface area contributed by atoms with E-state index >= 15 is 0 Å². The van der Waals surface area contributed by atoms with Gasteiger partial charge in [-0.15, -0.1) is 0 Å². The van der Waals surface area contributed by atoms with Crippen LogP contribution in [0.2, 0.25) is 0 Å². The second-order valence-corrected chi connectivity index (χ2v) is 5.18. The van der Waals surface area contributed by atoms with E-state index in [0.717, 1.165) is 25.3 Å². The summed E-state index contributed by atoms with van der Waals surface area (Å²) in [5.41, 5.74) is 3.49. The van der Waals surface area contributed by atoms with E-state index in [4.69, 9.17) is 0 Å². The fourth-order valence-electron chi connectivity index (χ4n) is 2.74. The van der Waals surface area contributed by atoms with Crippen LogP contribution >= 0.6 is 0 Å². The Morgan fingerprint density at radius 2 is 2.37 bits per heavy atom. The van der Waals surface area contributed by atoms with E-state index in [9.17, 15) is 0 Å². The molecule has 3 rings (SSSR count). The van der Waals surface area contributed by atoms with Crippen molar-refractivity contribution in [2.24, 2.45) is 0 Å². The molecule has 5 heteroatoms. The molecule has 19 heavy (non-hydrogen) atoms. The van der Waals surface area contributed by atoms with Crippen LogP contribution in [0.15, 0.2) is 24.9 Å². The van der Waals surface area contributed by atoms with Gasteiger partial charge in [-0.1, -0.05) is 0 Å². The van der Waals surface area contributed by atoms with Gasteiger partial charge in [0, 0.05) is 36.6 Å². The number of piperidine rings is 1. The van der Waals surface area contributed by atoms with E-state index in [1.807, 2.05) is 12.3 Å². The first-order valence-corrected chi connectivity index (χ1v) is 6.80. The summed E-state index contributed by atoms with van der Waals surface area (Å²) in [5, 5.41) is 0. The van der Waals surface area contributed by atoms with Crippen molar-refractivity contribution in [1.29, 1.82) is 0 Å². The van der Waals surface area contributed by atoms with E-state index < -0.39 is 0 Å². The number of aromatic amines is 1. The molecule has 1 N–H and O–H groups in total. The molecule has 0 aliphatic carbocycles. The Labute approximate surface area is 113 Å². The fraction of sp³-hybridized carbons (Fsp3) is 0.500. The van der Waals surface area contributed by atoms with Crippen LogP contribution in [-0.2, 0) is 6.54 Å². The van der Waals surface area contributed by atoms with Gasteiger partial charge in [0.15, 0.2) is 0 Å². The monoisotopic (exact) mass is 257 g/mol. The molecule has 0 aromatic carbocycles. The summed E-state index contributed by atoms with van der Waals surface area (Å²) in [6.45, 7) is 5.21. The van der Waals surface area contributed by atoms with Crippen molar-refractivity contribution in [1.82, 2.24) is 24.8 Å². The van der Waals surface area contributed by atoms with Crippen LogP contribution in [0, 0.1) is 6.92 Å². The molecule has 5 nitrogen and oxygen atoms in total. The van der Waals surface area contributed by atoms with Gasteiger partial charge < -0.3 is 4.98 Å². The van der Waals surface area contributed by atoms with Crippen LogP contribution in [0.25, 0.3) is 0 Å². The van der Waals surface area contributed by atoms with Crippen LogP contribution in [0.1, 0.15) is 35.8 Å². The highest BCUT2D eigenvalue weighted by Gasteiger charge is 2.22. The third kappa shape index (κ3) is 2.81. The van der Waals surface area contributed by atoms with Gasteiger partial charge in [-0.2, -0.15) is 0 Å². The Kier molecular flexibility index (Phi) is 3.55. The van der Waals surface area contributed by atoms with E-state index in [1.54, 1.807) is 12.7 Å². The Morgan fingerprint density at radius 3 is 3.11 bits per heavy atom. The highest BCUT2D eigenvalue weighted by atomic mass is 15.1. The zero-order valence-electron chi connectivity index (χ0n) is 11.2. The van der Waals surface area contributed by atoms with Crippen molar-refractivity contribution in [3.05, 3.63) is 42.0 Å². The van der Waals surface area contributed by atoms with Crippen LogP contribution in [-0.4, -0.2) is 37.9 Å². The summed E-state index contributed by atoms with van der Waals surface area (Å²) >= 11 is 0. The molecular formula is C14H19N5. The lowest BCUT2D eigenvalue weighted by Crippen LogP contribution is -2.34. The van der Waals surface area contributed by atoms with Gasteiger partial charge in [-0.05, 0) is 32.4 Å². The minimum Gasteiger partial charge on any atom is -0.348 e. The lowest BCUT2D eigenvalue weighted by Gasteiger charge is -2.32. The number of hydrogen-bond acceptors (Lipinski definition) is 4. The maximum absolute atomic E-state index is 4.39. The van der Waals surface area contributed by atoms with E-state index in [2.05, 4.69) is 31.8 Å². The minimum atomic E-state index is 0.524. The molecule has 2 aromatic heterocycles.